The Hall–Kier alpha value is -3.94. The van der Waals surface area contributed by atoms with Gasteiger partial charge >= 0.3 is 0 Å². The van der Waals surface area contributed by atoms with Crippen LogP contribution in [0.25, 0.3) is 6.08 Å². The number of benzene rings is 1. The van der Waals surface area contributed by atoms with Crippen molar-refractivity contribution in [1.29, 1.82) is 0 Å². The van der Waals surface area contributed by atoms with Gasteiger partial charge in [0, 0.05) is 42.7 Å². The van der Waals surface area contributed by atoms with Crippen LogP contribution in [-0.4, -0.2) is 52.6 Å². The normalized spacial score (nSPS) is 17.4. The van der Waals surface area contributed by atoms with Crippen molar-refractivity contribution in [3.05, 3.63) is 71.8 Å². The summed E-state index contributed by atoms with van der Waals surface area (Å²) in [5.41, 5.74) is 2.48. The van der Waals surface area contributed by atoms with Crippen molar-refractivity contribution in [1.82, 2.24) is 19.9 Å². The molecule has 1 N–H and O–H groups in total. The first-order valence-electron chi connectivity index (χ1n) is 11.0. The minimum Gasteiger partial charge on any atom is -0.497 e. The van der Waals surface area contributed by atoms with Crippen LogP contribution < -0.4 is 14.8 Å². The fourth-order valence-electron chi connectivity index (χ4n) is 4.26. The SMILES string of the molecule is COc1ccc2c(c1)C=C(C(=O)N1CCC[C@@H](c3cccc(Nc4cnccn4)n3)C1)CO2. The van der Waals surface area contributed by atoms with Gasteiger partial charge in [-0.2, -0.15) is 0 Å². The molecular formula is C25H25N5O3. The maximum atomic E-state index is 13.3. The molecule has 8 nitrogen and oxygen atoms in total. The van der Waals surface area contributed by atoms with E-state index < -0.39 is 0 Å². The lowest BCUT2D eigenvalue weighted by Crippen LogP contribution is -2.41. The van der Waals surface area contributed by atoms with Gasteiger partial charge in [0.05, 0.1) is 18.9 Å². The molecular weight excluding hydrogens is 418 g/mol. The zero-order valence-corrected chi connectivity index (χ0v) is 18.4. The Morgan fingerprint density at radius 1 is 1.21 bits per heavy atom. The Balaban J connectivity index is 1.30. The minimum absolute atomic E-state index is 0.0157. The van der Waals surface area contributed by atoms with E-state index in [-0.39, 0.29) is 18.4 Å². The van der Waals surface area contributed by atoms with E-state index in [1.54, 1.807) is 25.7 Å². The van der Waals surface area contributed by atoms with E-state index in [4.69, 9.17) is 14.5 Å². The molecule has 5 rings (SSSR count). The number of fused-ring (bicyclic) bond motifs is 1. The van der Waals surface area contributed by atoms with Gasteiger partial charge in [-0.3, -0.25) is 9.78 Å². The van der Waals surface area contributed by atoms with Gasteiger partial charge in [-0.1, -0.05) is 6.07 Å². The molecule has 2 aromatic heterocycles. The average Bonchev–Trinajstić information content (AvgIpc) is 2.88. The van der Waals surface area contributed by atoms with Crippen LogP contribution in [0.2, 0.25) is 0 Å². The summed E-state index contributed by atoms with van der Waals surface area (Å²) >= 11 is 0. The summed E-state index contributed by atoms with van der Waals surface area (Å²) in [5.74, 6) is 3.04. The van der Waals surface area contributed by atoms with Crippen LogP contribution in [0.15, 0.2) is 60.6 Å². The van der Waals surface area contributed by atoms with E-state index in [1.165, 1.54) is 0 Å². The number of ether oxygens (including phenoxy) is 2. The number of methoxy groups -OCH3 is 1. The zero-order chi connectivity index (χ0) is 22.6. The fraction of sp³-hybridized carbons (Fsp3) is 0.280. The van der Waals surface area contributed by atoms with Crippen molar-refractivity contribution in [3.8, 4) is 11.5 Å². The Morgan fingerprint density at radius 3 is 3.00 bits per heavy atom. The molecule has 1 atom stereocenters. The average molecular weight is 444 g/mol. The smallest absolute Gasteiger partial charge is 0.253 e. The van der Waals surface area contributed by atoms with Crippen molar-refractivity contribution in [3.63, 3.8) is 0 Å². The Bertz CT molecular complexity index is 1180. The molecule has 1 fully saturated rings. The number of amides is 1. The second-order valence-electron chi connectivity index (χ2n) is 8.12. The Morgan fingerprint density at radius 2 is 2.15 bits per heavy atom. The van der Waals surface area contributed by atoms with E-state index >= 15 is 0 Å². The van der Waals surface area contributed by atoms with Crippen molar-refractivity contribution < 1.29 is 14.3 Å². The number of hydrogen-bond donors (Lipinski definition) is 1. The van der Waals surface area contributed by atoms with Gasteiger partial charge in [0.15, 0.2) is 0 Å². The molecule has 1 amide bonds. The van der Waals surface area contributed by atoms with Crippen LogP contribution >= 0.6 is 0 Å². The van der Waals surface area contributed by atoms with E-state index in [0.717, 1.165) is 42.1 Å². The molecule has 168 valence electrons. The second kappa shape index (κ2) is 9.28. The first kappa shape index (κ1) is 20.9. The highest BCUT2D eigenvalue weighted by Crippen LogP contribution is 2.32. The fourth-order valence-corrected chi connectivity index (χ4v) is 4.26. The summed E-state index contributed by atoms with van der Waals surface area (Å²) in [5, 5.41) is 3.19. The van der Waals surface area contributed by atoms with Gasteiger partial charge in [0.25, 0.3) is 5.91 Å². The maximum absolute atomic E-state index is 13.3. The van der Waals surface area contributed by atoms with Gasteiger partial charge in [0.2, 0.25) is 0 Å². The van der Waals surface area contributed by atoms with Crippen LogP contribution in [0.1, 0.15) is 30.0 Å². The Kier molecular flexibility index (Phi) is 5.89. The monoisotopic (exact) mass is 443 g/mol. The van der Waals surface area contributed by atoms with E-state index in [0.29, 0.717) is 23.8 Å². The summed E-state index contributed by atoms with van der Waals surface area (Å²) in [6, 6.07) is 11.5. The summed E-state index contributed by atoms with van der Waals surface area (Å²) in [7, 11) is 1.63. The number of carbonyl (C=O) groups excluding carboxylic acids is 1. The predicted octanol–water partition coefficient (Wildman–Crippen LogP) is 3.81. The molecule has 8 heteroatoms. The van der Waals surface area contributed by atoms with Crippen LogP contribution in [0, 0.1) is 0 Å². The quantitative estimate of drug-likeness (QED) is 0.641. The number of nitrogens with one attached hydrogen (secondary N) is 1. The van der Waals surface area contributed by atoms with Crippen molar-refractivity contribution in [2.24, 2.45) is 0 Å². The van der Waals surface area contributed by atoms with E-state index in [2.05, 4.69) is 15.3 Å². The second-order valence-corrected chi connectivity index (χ2v) is 8.12. The number of nitrogens with zero attached hydrogens (tertiary/aromatic N) is 4. The third kappa shape index (κ3) is 4.64. The molecule has 33 heavy (non-hydrogen) atoms. The lowest BCUT2D eigenvalue weighted by molar-refractivity contribution is -0.128. The summed E-state index contributed by atoms with van der Waals surface area (Å²) in [4.78, 5) is 28.3. The standard InChI is InChI=1S/C25H25N5O3/c1-32-20-7-8-22-18(13-20)12-19(16-33-22)25(31)30-11-3-4-17(15-30)21-5-2-6-23(28-21)29-24-14-26-9-10-27-24/h2,5-10,12-14,17H,3-4,11,15-16H2,1H3,(H,27,28,29)/t17-/m1/s1. The van der Waals surface area contributed by atoms with E-state index in [1.807, 2.05) is 47.4 Å². The highest BCUT2D eigenvalue weighted by molar-refractivity contribution is 5.99. The third-order valence-corrected chi connectivity index (χ3v) is 5.92. The molecule has 2 aliphatic heterocycles. The molecule has 0 spiro atoms. The molecule has 3 aromatic rings. The van der Waals surface area contributed by atoms with Crippen molar-refractivity contribution in [2.75, 3.05) is 32.1 Å². The number of pyridine rings is 1. The highest BCUT2D eigenvalue weighted by atomic mass is 16.5. The number of likely N-dealkylation sites (tertiary alicyclic amines) is 1. The zero-order valence-electron chi connectivity index (χ0n) is 18.4. The molecule has 2 aliphatic rings. The number of piperidine rings is 1. The molecule has 1 saturated heterocycles. The van der Waals surface area contributed by atoms with Crippen molar-refractivity contribution >= 4 is 23.6 Å². The predicted molar refractivity (Wildman–Crippen MR) is 125 cm³/mol. The lowest BCUT2D eigenvalue weighted by atomic mass is 9.93. The van der Waals surface area contributed by atoms with Gasteiger partial charge in [-0.15, -0.1) is 0 Å². The number of rotatable bonds is 5. The van der Waals surface area contributed by atoms with Crippen LogP contribution in [-0.2, 0) is 4.79 Å². The largest absolute Gasteiger partial charge is 0.497 e. The van der Waals surface area contributed by atoms with Gasteiger partial charge < -0.3 is 19.7 Å². The number of carbonyl (C=O) groups is 1. The van der Waals surface area contributed by atoms with Crippen LogP contribution in [0.4, 0.5) is 11.6 Å². The molecule has 1 aromatic carbocycles. The van der Waals surface area contributed by atoms with Crippen molar-refractivity contribution in [2.45, 2.75) is 18.8 Å². The molecule has 0 unspecified atom stereocenters. The molecule has 0 aliphatic carbocycles. The summed E-state index contributed by atoms with van der Waals surface area (Å²) < 4.78 is 11.1. The summed E-state index contributed by atoms with van der Waals surface area (Å²) in [6.07, 6.45) is 8.75. The van der Waals surface area contributed by atoms with Crippen LogP contribution in [0.3, 0.4) is 0 Å². The number of anilines is 2. The molecule has 0 saturated carbocycles. The van der Waals surface area contributed by atoms with Gasteiger partial charge in [-0.05, 0) is 49.2 Å². The van der Waals surface area contributed by atoms with Gasteiger partial charge in [0.1, 0.15) is 29.7 Å². The lowest BCUT2D eigenvalue weighted by Gasteiger charge is -2.33. The van der Waals surface area contributed by atoms with Crippen LogP contribution in [0.5, 0.6) is 11.5 Å². The number of hydrogen-bond acceptors (Lipinski definition) is 7. The maximum Gasteiger partial charge on any atom is 0.253 e. The first-order valence-corrected chi connectivity index (χ1v) is 11.0. The minimum atomic E-state index is 0.0157. The topological polar surface area (TPSA) is 89.5 Å². The molecule has 4 heterocycles. The van der Waals surface area contributed by atoms with E-state index in [9.17, 15) is 4.79 Å². The molecule has 0 bridgehead atoms. The van der Waals surface area contributed by atoms with Gasteiger partial charge in [-0.25, -0.2) is 9.97 Å². The highest BCUT2D eigenvalue weighted by Gasteiger charge is 2.29. The number of aromatic nitrogens is 3. The molecule has 0 radical (unpaired) electrons. The summed E-state index contributed by atoms with van der Waals surface area (Å²) in [6.45, 7) is 1.63. The Labute approximate surface area is 192 Å². The first-order chi connectivity index (χ1) is 16.2. The third-order valence-electron chi connectivity index (χ3n) is 5.92.